The van der Waals surface area contributed by atoms with E-state index in [-0.39, 0.29) is 27.1 Å². The van der Waals surface area contributed by atoms with E-state index in [1.165, 1.54) is 18.4 Å². The number of piperazine rings is 1. The van der Waals surface area contributed by atoms with Crippen molar-refractivity contribution in [2.24, 2.45) is 0 Å². The number of nitro benzene ring substituents is 1. The minimum absolute atomic E-state index is 0.0170. The van der Waals surface area contributed by atoms with Crippen LogP contribution < -0.4 is 0 Å². The molecule has 2 atom stereocenters. The smallest absolute Gasteiger partial charge is 0.286 e. The van der Waals surface area contributed by atoms with Gasteiger partial charge < -0.3 is 9.80 Å². The van der Waals surface area contributed by atoms with Gasteiger partial charge in [-0.3, -0.25) is 23.3 Å². The molecule has 8 nitrogen and oxygen atoms in total. The molecule has 1 aromatic rings. The fraction of sp³-hybridized carbons (Fsp3) is 0.500. The lowest BCUT2D eigenvalue weighted by molar-refractivity contribution is -0.388. The largest absolute Gasteiger partial charge is 0.339 e. The maximum Gasteiger partial charge on any atom is 0.286 e. The summed E-state index contributed by atoms with van der Waals surface area (Å²) in [6, 6.07) is 3.92. The molecule has 0 N–H and O–H groups in total. The first-order chi connectivity index (χ1) is 11.3. The molecule has 10 heteroatoms. The van der Waals surface area contributed by atoms with Crippen molar-refractivity contribution >= 4 is 33.2 Å². The third kappa shape index (κ3) is 4.46. The van der Waals surface area contributed by atoms with Gasteiger partial charge in [0.1, 0.15) is 10.6 Å². The SMILES string of the molecule is CN1CCN(C(=O)CS(=O)c2ccc(S(C)=O)cc2[N+](=O)[O-])CC1. The topological polar surface area (TPSA) is 101 Å². The molecule has 1 aromatic carbocycles. The van der Waals surface area contributed by atoms with Gasteiger partial charge in [-0.2, -0.15) is 0 Å². The molecule has 1 saturated heterocycles. The first kappa shape index (κ1) is 18.7. The lowest BCUT2D eigenvalue weighted by Crippen LogP contribution is -2.48. The zero-order valence-electron chi connectivity index (χ0n) is 13.5. The Labute approximate surface area is 144 Å². The van der Waals surface area contributed by atoms with Crippen LogP contribution >= 0.6 is 0 Å². The average molecular weight is 373 g/mol. The van der Waals surface area contributed by atoms with Gasteiger partial charge in [0.25, 0.3) is 5.69 Å². The molecule has 0 aromatic heterocycles. The van der Waals surface area contributed by atoms with Crippen LogP contribution in [0.25, 0.3) is 0 Å². The average Bonchev–Trinajstić information content (AvgIpc) is 2.54. The van der Waals surface area contributed by atoms with Crippen molar-refractivity contribution in [1.82, 2.24) is 9.80 Å². The van der Waals surface area contributed by atoms with Gasteiger partial charge in [0, 0.05) is 43.4 Å². The van der Waals surface area contributed by atoms with Crippen molar-refractivity contribution in [3.63, 3.8) is 0 Å². The van der Waals surface area contributed by atoms with Crippen LogP contribution in [0.2, 0.25) is 0 Å². The molecule has 0 bridgehead atoms. The highest BCUT2D eigenvalue weighted by atomic mass is 32.2. The number of hydrogen-bond donors (Lipinski definition) is 0. The highest BCUT2D eigenvalue weighted by Gasteiger charge is 2.25. The number of nitro groups is 1. The van der Waals surface area contributed by atoms with Crippen LogP contribution in [-0.2, 0) is 26.4 Å². The van der Waals surface area contributed by atoms with Crippen molar-refractivity contribution in [2.75, 3.05) is 45.2 Å². The number of carbonyl (C=O) groups excluding carboxylic acids is 1. The molecule has 1 aliphatic rings. The highest BCUT2D eigenvalue weighted by molar-refractivity contribution is 7.86. The molecule has 0 radical (unpaired) electrons. The molecule has 0 aliphatic carbocycles. The van der Waals surface area contributed by atoms with Crippen LogP contribution in [0.3, 0.4) is 0 Å². The summed E-state index contributed by atoms with van der Waals surface area (Å²) in [5.74, 6) is -0.571. The summed E-state index contributed by atoms with van der Waals surface area (Å²) >= 11 is 0. The van der Waals surface area contributed by atoms with Crippen molar-refractivity contribution in [2.45, 2.75) is 9.79 Å². The van der Waals surface area contributed by atoms with Crippen LogP contribution in [0, 0.1) is 10.1 Å². The van der Waals surface area contributed by atoms with E-state index in [1.807, 2.05) is 7.05 Å². The molecule has 132 valence electrons. The van der Waals surface area contributed by atoms with Gasteiger partial charge in [-0.1, -0.05) is 0 Å². The molecule has 1 aliphatic heterocycles. The molecule has 2 rings (SSSR count). The number of likely N-dealkylation sites (N-methyl/N-ethyl adjacent to an activating group) is 1. The Morgan fingerprint density at radius 1 is 1.25 bits per heavy atom. The van der Waals surface area contributed by atoms with Crippen LogP contribution in [-0.4, -0.2) is 74.3 Å². The number of benzene rings is 1. The van der Waals surface area contributed by atoms with Crippen molar-refractivity contribution < 1.29 is 18.1 Å². The van der Waals surface area contributed by atoms with E-state index < -0.39 is 26.5 Å². The van der Waals surface area contributed by atoms with E-state index >= 15 is 0 Å². The third-order valence-corrected chi connectivity index (χ3v) is 6.08. The molecule has 0 saturated carbocycles. The standard InChI is InChI=1S/C14H19N3O5S2/c1-15-5-7-16(8-6-15)14(18)10-24(22)13-4-3-11(23(2)21)9-12(13)17(19)20/h3-4,9H,5-8,10H2,1-2H3. The number of rotatable bonds is 5. The second-order valence-electron chi connectivity index (χ2n) is 5.51. The Bertz CT molecular complexity index is 702. The molecular weight excluding hydrogens is 354 g/mol. The van der Waals surface area contributed by atoms with Crippen LogP contribution in [0.15, 0.2) is 28.0 Å². The molecule has 24 heavy (non-hydrogen) atoms. The van der Waals surface area contributed by atoms with Gasteiger partial charge in [0.05, 0.1) is 26.5 Å². The van der Waals surface area contributed by atoms with E-state index in [1.54, 1.807) is 4.90 Å². The summed E-state index contributed by atoms with van der Waals surface area (Å²) in [5.41, 5.74) is -0.368. The summed E-state index contributed by atoms with van der Waals surface area (Å²) < 4.78 is 23.9. The Morgan fingerprint density at radius 3 is 2.42 bits per heavy atom. The summed E-state index contributed by atoms with van der Waals surface area (Å²) in [4.78, 5) is 26.8. The molecule has 2 unspecified atom stereocenters. The van der Waals surface area contributed by atoms with E-state index in [2.05, 4.69) is 4.90 Å². The van der Waals surface area contributed by atoms with Gasteiger partial charge in [-0.15, -0.1) is 0 Å². The summed E-state index contributed by atoms with van der Waals surface area (Å²) in [6.07, 6.45) is 1.41. The van der Waals surface area contributed by atoms with Gasteiger partial charge in [-0.25, -0.2) is 0 Å². The van der Waals surface area contributed by atoms with E-state index in [0.717, 1.165) is 19.2 Å². The Kier molecular flexibility index (Phi) is 6.19. The maximum absolute atomic E-state index is 12.4. The fourth-order valence-electron chi connectivity index (χ4n) is 2.35. The molecule has 1 amide bonds. The minimum Gasteiger partial charge on any atom is -0.339 e. The lowest BCUT2D eigenvalue weighted by Gasteiger charge is -2.32. The van der Waals surface area contributed by atoms with Crippen molar-refractivity contribution in [1.29, 1.82) is 0 Å². The number of nitrogens with zero attached hydrogens (tertiary/aromatic N) is 3. The summed E-state index contributed by atoms with van der Waals surface area (Å²) in [5, 5.41) is 11.2. The molecule has 1 heterocycles. The van der Waals surface area contributed by atoms with Crippen molar-refractivity contribution in [3.8, 4) is 0 Å². The minimum atomic E-state index is -1.82. The number of amides is 1. The second kappa shape index (κ2) is 7.95. The molecular formula is C14H19N3O5S2. The summed E-state index contributed by atoms with van der Waals surface area (Å²) in [6.45, 7) is 2.61. The van der Waals surface area contributed by atoms with Crippen LogP contribution in [0.1, 0.15) is 0 Å². The van der Waals surface area contributed by atoms with E-state index in [4.69, 9.17) is 0 Å². The van der Waals surface area contributed by atoms with Gasteiger partial charge in [-0.05, 0) is 19.2 Å². The monoisotopic (exact) mass is 373 g/mol. The molecule has 1 fully saturated rings. The van der Waals surface area contributed by atoms with E-state index in [9.17, 15) is 23.3 Å². The van der Waals surface area contributed by atoms with Gasteiger partial charge in [0.15, 0.2) is 0 Å². The quantitative estimate of drug-likeness (QED) is 0.540. The highest BCUT2D eigenvalue weighted by Crippen LogP contribution is 2.25. The van der Waals surface area contributed by atoms with Crippen LogP contribution in [0.5, 0.6) is 0 Å². The maximum atomic E-state index is 12.4. The first-order valence-corrected chi connectivity index (χ1v) is 10.1. The van der Waals surface area contributed by atoms with E-state index in [0.29, 0.717) is 13.1 Å². The number of hydrogen-bond acceptors (Lipinski definition) is 6. The third-order valence-electron chi connectivity index (χ3n) is 3.81. The normalized spacial score (nSPS) is 18.2. The lowest BCUT2D eigenvalue weighted by atomic mass is 10.3. The zero-order chi connectivity index (χ0) is 17.9. The Morgan fingerprint density at radius 2 is 1.88 bits per heavy atom. The van der Waals surface area contributed by atoms with Crippen molar-refractivity contribution in [3.05, 3.63) is 28.3 Å². The second-order valence-corrected chi connectivity index (χ2v) is 8.31. The van der Waals surface area contributed by atoms with Gasteiger partial charge >= 0.3 is 0 Å². The molecule has 0 spiro atoms. The first-order valence-electron chi connectivity index (χ1n) is 7.26. The number of carbonyl (C=O) groups is 1. The zero-order valence-corrected chi connectivity index (χ0v) is 15.1. The Balaban J connectivity index is 2.15. The predicted octanol–water partition coefficient (Wildman–Crippen LogP) is 0.214. The van der Waals surface area contributed by atoms with Crippen LogP contribution in [0.4, 0.5) is 5.69 Å². The Hall–Kier alpha value is -1.65. The van der Waals surface area contributed by atoms with Gasteiger partial charge in [0.2, 0.25) is 5.91 Å². The predicted molar refractivity (Wildman–Crippen MR) is 90.8 cm³/mol. The summed E-state index contributed by atoms with van der Waals surface area (Å²) in [7, 11) is -1.24. The fourth-order valence-corrected chi connectivity index (χ4v) is 4.03.